The molecule has 0 saturated heterocycles. The van der Waals surface area contributed by atoms with Crippen LogP contribution in [0.1, 0.15) is 73.4 Å². The Morgan fingerprint density at radius 2 is 0.880 bits per heavy atom. The fraction of sp³-hybridized carbons (Fsp3) is 0.250. The topological polar surface area (TPSA) is 9.86 Å². The molecule has 50 heavy (non-hydrogen) atoms. The van der Waals surface area contributed by atoms with E-state index < -0.39 is 0 Å². The molecule has 0 bridgehead atoms. The van der Waals surface area contributed by atoms with Crippen molar-refractivity contribution in [2.45, 2.75) is 73.3 Å². The molecule has 2 heteroatoms. The molecule has 1 aliphatic carbocycles. The van der Waals surface area contributed by atoms with Crippen LogP contribution in [0.15, 0.2) is 140 Å². The third-order valence-electron chi connectivity index (χ3n) is 9.64. The number of fused-ring (bicyclic) bond motifs is 9. The highest BCUT2D eigenvalue weighted by Gasteiger charge is 2.36. The van der Waals surface area contributed by atoms with Crippen molar-refractivity contribution in [1.29, 1.82) is 0 Å². The maximum atomic E-state index is 2.51. The number of aromatic nitrogens is 2. The minimum absolute atomic E-state index is 0.0329. The van der Waals surface area contributed by atoms with Crippen LogP contribution in [0, 0.1) is 5.41 Å². The molecule has 0 atom stereocenters. The fourth-order valence-electron chi connectivity index (χ4n) is 7.66. The fourth-order valence-corrected chi connectivity index (χ4v) is 7.66. The van der Waals surface area contributed by atoms with Gasteiger partial charge in [-0.2, -0.15) is 0 Å². The van der Waals surface area contributed by atoms with Crippen LogP contribution in [0.3, 0.4) is 0 Å². The van der Waals surface area contributed by atoms with Gasteiger partial charge in [-0.05, 0) is 90.9 Å². The van der Waals surface area contributed by atoms with Crippen LogP contribution in [0.4, 0.5) is 0 Å². The van der Waals surface area contributed by atoms with E-state index in [0.29, 0.717) is 5.41 Å². The summed E-state index contributed by atoms with van der Waals surface area (Å²) < 4.78 is 4.84. The molecule has 0 radical (unpaired) electrons. The van der Waals surface area contributed by atoms with E-state index in [9.17, 15) is 0 Å². The summed E-state index contributed by atoms with van der Waals surface area (Å²) in [5.41, 5.74) is 12.6. The van der Waals surface area contributed by atoms with E-state index in [0.717, 1.165) is 0 Å². The minimum atomic E-state index is 0.0329. The summed E-state index contributed by atoms with van der Waals surface area (Å²) in [7, 11) is 0. The Bertz CT molecular complexity index is 2410. The molecule has 1 aliphatic rings. The van der Waals surface area contributed by atoms with Gasteiger partial charge in [0.05, 0.1) is 11.0 Å². The highest BCUT2D eigenvalue weighted by Crippen LogP contribution is 2.51. The molecule has 0 unspecified atom stereocenters. The van der Waals surface area contributed by atoms with Crippen molar-refractivity contribution in [3.05, 3.63) is 151 Å². The second kappa shape index (κ2) is 12.4. The van der Waals surface area contributed by atoms with Gasteiger partial charge < -0.3 is 9.13 Å². The monoisotopic (exact) mass is 654 g/mol. The second-order valence-corrected chi connectivity index (χ2v) is 16.8. The van der Waals surface area contributed by atoms with Gasteiger partial charge in [-0.3, -0.25) is 0 Å². The van der Waals surface area contributed by atoms with Gasteiger partial charge in [0.2, 0.25) is 0 Å². The van der Waals surface area contributed by atoms with Crippen molar-refractivity contribution in [3.63, 3.8) is 0 Å². The molecule has 6 aromatic carbocycles. The molecule has 0 aliphatic heterocycles. The highest BCUT2D eigenvalue weighted by atomic mass is 15.0. The summed E-state index contributed by atoms with van der Waals surface area (Å²) in [4.78, 5) is 0. The Morgan fingerprint density at radius 1 is 0.420 bits per heavy atom. The van der Waals surface area contributed by atoms with Gasteiger partial charge in [0.1, 0.15) is 0 Å². The lowest BCUT2D eigenvalue weighted by Crippen LogP contribution is -2.21. The van der Waals surface area contributed by atoms with Crippen LogP contribution >= 0.6 is 0 Å². The molecule has 0 N–H and O–H groups in total. The van der Waals surface area contributed by atoms with Crippen molar-refractivity contribution in [1.82, 2.24) is 9.13 Å². The Kier molecular flexibility index (Phi) is 8.26. The first kappa shape index (κ1) is 33.4. The number of nitrogens with zero attached hydrogens (tertiary/aromatic N) is 2. The predicted molar refractivity (Wildman–Crippen MR) is 218 cm³/mol. The molecule has 252 valence electrons. The third-order valence-corrected chi connectivity index (χ3v) is 9.64. The molecule has 2 nitrogen and oxygen atoms in total. The van der Waals surface area contributed by atoms with Gasteiger partial charge in [-0.25, -0.2) is 0 Å². The lowest BCUT2D eigenvalue weighted by molar-refractivity contribution is 0.423. The number of benzene rings is 6. The van der Waals surface area contributed by atoms with E-state index in [1.54, 1.807) is 0 Å². The third kappa shape index (κ3) is 5.92. The van der Waals surface area contributed by atoms with Crippen LogP contribution in [-0.4, -0.2) is 9.13 Å². The summed E-state index contributed by atoms with van der Waals surface area (Å²) in [5.74, 6) is 0. The highest BCUT2D eigenvalue weighted by molar-refractivity contribution is 6.11. The molecule has 2 heterocycles. The standard InChI is InChI=1S/C25H25N.C18H13N.C5H12/c1-24(2,3)26-22-13-9-7-11-17(22)19-14-18-16-10-6-8-12-20(16)25(4,5)21(18)15-23(19)26;1-2-8-14(9-3-1)19-17-12-6-4-10-15(17)16-11-5-7-13-18(16)19;1-5(2,3)4/h6-15H,1-5H3;1-13H;1-4H3. The minimum Gasteiger partial charge on any atom is -0.335 e. The molecular weight excluding hydrogens is 605 g/mol. The first-order valence-corrected chi connectivity index (χ1v) is 18.0. The zero-order valence-electron chi connectivity index (χ0n) is 31.2. The summed E-state index contributed by atoms with van der Waals surface area (Å²) >= 11 is 0. The van der Waals surface area contributed by atoms with Crippen LogP contribution in [-0.2, 0) is 11.0 Å². The van der Waals surface area contributed by atoms with E-state index in [1.807, 2.05) is 0 Å². The van der Waals surface area contributed by atoms with Crippen LogP contribution in [0.5, 0.6) is 0 Å². The Hall–Kier alpha value is -5.08. The summed E-state index contributed by atoms with van der Waals surface area (Å²) in [6.45, 7) is 20.4. The summed E-state index contributed by atoms with van der Waals surface area (Å²) in [5, 5.41) is 5.33. The number of para-hydroxylation sites is 4. The normalized spacial score (nSPS) is 13.5. The van der Waals surface area contributed by atoms with Crippen LogP contribution in [0.25, 0.3) is 60.4 Å². The average molecular weight is 655 g/mol. The molecular formula is C48H50N2. The van der Waals surface area contributed by atoms with Crippen molar-refractivity contribution in [2.24, 2.45) is 5.41 Å². The SMILES string of the molecule is CC(C)(C)C.CC1(C)c2ccccc2-c2cc3c4ccccc4n(C(C)(C)C)c3cc21.c1ccc(-n2c3ccccc3c3ccccc32)cc1. The molecule has 2 aromatic heterocycles. The summed E-state index contributed by atoms with van der Waals surface area (Å²) in [6, 6.07) is 50.3. The van der Waals surface area contributed by atoms with Crippen LogP contribution < -0.4 is 0 Å². The summed E-state index contributed by atoms with van der Waals surface area (Å²) in [6.07, 6.45) is 0. The van der Waals surface area contributed by atoms with Crippen molar-refractivity contribution in [2.75, 3.05) is 0 Å². The quantitative estimate of drug-likeness (QED) is 0.167. The van der Waals surface area contributed by atoms with Gasteiger partial charge in [0.25, 0.3) is 0 Å². The van der Waals surface area contributed by atoms with Gasteiger partial charge in [-0.15, -0.1) is 0 Å². The molecule has 8 aromatic rings. The zero-order valence-corrected chi connectivity index (χ0v) is 31.2. The largest absolute Gasteiger partial charge is 0.335 e. The maximum Gasteiger partial charge on any atom is 0.0541 e. The molecule has 9 rings (SSSR count). The van der Waals surface area contributed by atoms with Crippen molar-refractivity contribution in [3.8, 4) is 16.8 Å². The van der Waals surface area contributed by atoms with Gasteiger partial charge in [-0.1, -0.05) is 139 Å². The van der Waals surface area contributed by atoms with E-state index in [-0.39, 0.29) is 11.0 Å². The predicted octanol–water partition coefficient (Wildman–Crippen LogP) is 13.7. The Balaban J connectivity index is 0.000000143. The van der Waals surface area contributed by atoms with E-state index in [4.69, 9.17) is 0 Å². The number of hydrogen-bond acceptors (Lipinski definition) is 0. The smallest absolute Gasteiger partial charge is 0.0541 e. The number of hydrogen-bond donors (Lipinski definition) is 0. The van der Waals surface area contributed by atoms with Gasteiger partial charge in [0, 0.05) is 49.2 Å². The number of rotatable bonds is 1. The average Bonchev–Trinajstić information content (AvgIpc) is 3.67. The second-order valence-electron chi connectivity index (χ2n) is 16.8. The molecule has 0 saturated carbocycles. The van der Waals surface area contributed by atoms with Gasteiger partial charge in [0.15, 0.2) is 0 Å². The van der Waals surface area contributed by atoms with Gasteiger partial charge >= 0.3 is 0 Å². The maximum absolute atomic E-state index is 2.51. The molecule has 0 amide bonds. The first-order valence-electron chi connectivity index (χ1n) is 18.0. The molecule has 0 spiro atoms. The Labute approximate surface area is 298 Å². The molecule has 0 fully saturated rings. The van der Waals surface area contributed by atoms with E-state index in [1.165, 1.54) is 71.6 Å². The van der Waals surface area contributed by atoms with Crippen LogP contribution in [0.2, 0.25) is 0 Å². The Morgan fingerprint density at radius 3 is 1.44 bits per heavy atom. The van der Waals surface area contributed by atoms with Crippen molar-refractivity contribution >= 4 is 43.6 Å². The van der Waals surface area contributed by atoms with E-state index >= 15 is 0 Å². The van der Waals surface area contributed by atoms with Crippen molar-refractivity contribution < 1.29 is 0 Å². The lowest BCUT2D eigenvalue weighted by atomic mass is 9.82. The first-order chi connectivity index (χ1) is 23.7. The zero-order chi connectivity index (χ0) is 35.4. The lowest BCUT2D eigenvalue weighted by Gasteiger charge is -2.26. The van der Waals surface area contributed by atoms with E-state index in [2.05, 4.69) is 211 Å².